The van der Waals surface area contributed by atoms with Crippen molar-refractivity contribution in [3.05, 3.63) is 53.7 Å². The zero-order valence-electron chi connectivity index (χ0n) is 20.3. The molecule has 0 fully saturated rings. The van der Waals surface area contributed by atoms with Crippen molar-refractivity contribution in [2.45, 2.75) is 0 Å². The van der Waals surface area contributed by atoms with E-state index in [0.29, 0.717) is 29.6 Å². The lowest BCUT2D eigenvalue weighted by Crippen LogP contribution is -2.32. The third-order valence-corrected chi connectivity index (χ3v) is 5.26. The fraction of sp³-hybridized carbons (Fsp3) is 0.292. The Bertz CT molecular complexity index is 1160. The van der Waals surface area contributed by atoms with E-state index in [1.807, 2.05) is 38.4 Å². The van der Waals surface area contributed by atoms with Crippen LogP contribution >= 0.6 is 11.6 Å². The van der Waals surface area contributed by atoms with Gasteiger partial charge in [-0.3, -0.25) is 4.90 Å². The van der Waals surface area contributed by atoms with Gasteiger partial charge in [-0.2, -0.15) is 4.98 Å². The van der Waals surface area contributed by atoms with E-state index in [2.05, 4.69) is 25.5 Å². The van der Waals surface area contributed by atoms with Crippen LogP contribution in [0.3, 0.4) is 0 Å². The van der Waals surface area contributed by atoms with Crippen molar-refractivity contribution in [3.63, 3.8) is 0 Å². The number of ether oxygens (including phenoxy) is 3. The summed E-state index contributed by atoms with van der Waals surface area (Å²) in [4.78, 5) is 24.9. The molecule has 0 saturated carbocycles. The standard InChI is InChI=1S/C24H29ClN6O4/c1-30(2)11-12-35-17-8-6-7-16(13-17)27-21-9-10-26-23(29-21)31(3)24(32)28-19-14-18(33-4)15-20(34-5)22(19)25/h6-10,13-15H,11-12H2,1-5H3,(H,28,32)(H,26,27,29). The first kappa shape index (κ1) is 25.9. The fourth-order valence-electron chi connectivity index (χ4n) is 2.96. The first-order chi connectivity index (χ1) is 16.8. The van der Waals surface area contributed by atoms with E-state index in [9.17, 15) is 4.79 Å². The van der Waals surface area contributed by atoms with Crippen LogP contribution < -0.4 is 29.7 Å². The van der Waals surface area contributed by atoms with Crippen molar-refractivity contribution in [1.29, 1.82) is 0 Å². The minimum absolute atomic E-state index is 0.192. The topological polar surface area (TPSA) is 101 Å². The van der Waals surface area contributed by atoms with Crippen LogP contribution in [0.1, 0.15) is 0 Å². The molecule has 3 aromatic rings. The second-order valence-corrected chi connectivity index (χ2v) is 8.10. The molecule has 0 saturated heterocycles. The van der Waals surface area contributed by atoms with Crippen LogP contribution in [0.25, 0.3) is 0 Å². The van der Waals surface area contributed by atoms with Gasteiger partial charge in [0.1, 0.15) is 34.7 Å². The van der Waals surface area contributed by atoms with Gasteiger partial charge >= 0.3 is 6.03 Å². The summed E-state index contributed by atoms with van der Waals surface area (Å²) < 4.78 is 16.3. The molecular weight excluding hydrogens is 472 g/mol. The molecular formula is C24H29ClN6O4. The van der Waals surface area contributed by atoms with Crippen LogP contribution in [-0.2, 0) is 0 Å². The number of nitrogens with one attached hydrogen (secondary N) is 2. The molecule has 1 heterocycles. The summed E-state index contributed by atoms with van der Waals surface area (Å²) in [6, 6.07) is 12.0. The number of nitrogens with zero attached hydrogens (tertiary/aromatic N) is 4. The normalized spacial score (nSPS) is 10.6. The monoisotopic (exact) mass is 500 g/mol. The first-order valence-corrected chi connectivity index (χ1v) is 11.1. The number of urea groups is 1. The zero-order valence-corrected chi connectivity index (χ0v) is 21.1. The van der Waals surface area contributed by atoms with Crippen LogP contribution in [0, 0.1) is 0 Å². The molecule has 186 valence electrons. The van der Waals surface area contributed by atoms with Crippen LogP contribution in [0.5, 0.6) is 17.2 Å². The Hall–Kier alpha value is -3.76. The van der Waals surface area contributed by atoms with Gasteiger partial charge in [-0.1, -0.05) is 17.7 Å². The minimum Gasteiger partial charge on any atom is -0.497 e. The molecule has 35 heavy (non-hydrogen) atoms. The van der Waals surface area contributed by atoms with E-state index in [4.69, 9.17) is 25.8 Å². The number of likely N-dealkylation sites (N-methyl/N-ethyl adjacent to an activating group) is 1. The third-order valence-electron chi connectivity index (χ3n) is 4.87. The molecule has 0 aliphatic rings. The Kier molecular flexibility index (Phi) is 8.93. The molecule has 0 aliphatic heterocycles. The number of hydrogen-bond acceptors (Lipinski definition) is 8. The van der Waals surface area contributed by atoms with Crippen molar-refractivity contribution in [1.82, 2.24) is 14.9 Å². The van der Waals surface area contributed by atoms with Gasteiger partial charge in [-0.25, -0.2) is 9.78 Å². The Labute approximate surface area is 209 Å². The molecule has 0 atom stereocenters. The molecule has 0 radical (unpaired) electrons. The molecule has 2 amide bonds. The second-order valence-electron chi connectivity index (χ2n) is 7.73. The third kappa shape index (κ3) is 7.11. The highest BCUT2D eigenvalue weighted by Gasteiger charge is 2.18. The smallest absolute Gasteiger partial charge is 0.328 e. The molecule has 0 aliphatic carbocycles. The number of carbonyl (C=O) groups excluding carboxylic acids is 1. The highest BCUT2D eigenvalue weighted by atomic mass is 35.5. The summed E-state index contributed by atoms with van der Waals surface area (Å²) >= 11 is 6.34. The lowest BCUT2D eigenvalue weighted by molar-refractivity contribution is 0.257. The Balaban J connectivity index is 1.70. The minimum atomic E-state index is -0.490. The van der Waals surface area contributed by atoms with Gasteiger partial charge in [0, 0.05) is 43.7 Å². The summed E-state index contributed by atoms with van der Waals surface area (Å²) in [6.07, 6.45) is 1.56. The fourth-order valence-corrected chi connectivity index (χ4v) is 3.19. The quantitative estimate of drug-likeness (QED) is 0.419. The van der Waals surface area contributed by atoms with Crippen molar-refractivity contribution >= 4 is 40.8 Å². The summed E-state index contributed by atoms with van der Waals surface area (Å²) in [7, 11) is 8.54. The van der Waals surface area contributed by atoms with E-state index in [1.54, 1.807) is 31.4 Å². The number of benzene rings is 2. The van der Waals surface area contributed by atoms with Crippen LogP contribution in [0.2, 0.25) is 5.02 Å². The van der Waals surface area contributed by atoms with Gasteiger partial charge in [0.2, 0.25) is 5.95 Å². The molecule has 0 bridgehead atoms. The maximum absolute atomic E-state index is 12.9. The molecule has 2 aromatic carbocycles. The average Bonchev–Trinajstić information content (AvgIpc) is 2.85. The number of amides is 2. The molecule has 1 aromatic heterocycles. The molecule has 2 N–H and O–H groups in total. The zero-order chi connectivity index (χ0) is 25.4. The van der Waals surface area contributed by atoms with Crippen molar-refractivity contribution in [3.8, 4) is 17.2 Å². The van der Waals surface area contributed by atoms with Gasteiger partial charge in [-0.15, -0.1) is 0 Å². The number of carbonyl (C=O) groups is 1. The van der Waals surface area contributed by atoms with E-state index in [-0.39, 0.29) is 11.0 Å². The number of methoxy groups -OCH3 is 2. The highest BCUT2D eigenvalue weighted by Crippen LogP contribution is 2.36. The molecule has 0 unspecified atom stereocenters. The van der Waals surface area contributed by atoms with Gasteiger partial charge in [-0.05, 0) is 32.3 Å². The lowest BCUT2D eigenvalue weighted by atomic mass is 10.2. The van der Waals surface area contributed by atoms with E-state index in [1.165, 1.54) is 19.1 Å². The van der Waals surface area contributed by atoms with Crippen molar-refractivity contribution < 1.29 is 19.0 Å². The average molecular weight is 501 g/mol. The van der Waals surface area contributed by atoms with Crippen LogP contribution in [0.15, 0.2) is 48.7 Å². The first-order valence-electron chi connectivity index (χ1n) is 10.7. The Morgan fingerprint density at radius 3 is 2.57 bits per heavy atom. The van der Waals surface area contributed by atoms with Gasteiger partial charge in [0.15, 0.2) is 0 Å². The van der Waals surface area contributed by atoms with Crippen molar-refractivity contribution in [2.75, 3.05) is 64.0 Å². The number of anilines is 4. The van der Waals surface area contributed by atoms with Gasteiger partial charge < -0.3 is 29.7 Å². The molecule has 3 rings (SSSR count). The molecule has 11 heteroatoms. The summed E-state index contributed by atoms with van der Waals surface area (Å²) in [6.45, 7) is 1.40. The van der Waals surface area contributed by atoms with Crippen LogP contribution in [0.4, 0.5) is 27.9 Å². The van der Waals surface area contributed by atoms with Gasteiger partial charge in [0.05, 0.1) is 19.9 Å². The second kappa shape index (κ2) is 12.1. The number of rotatable bonds is 10. The van der Waals surface area contributed by atoms with E-state index in [0.717, 1.165) is 18.0 Å². The largest absolute Gasteiger partial charge is 0.497 e. The van der Waals surface area contributed by atoms with Crippen molar-refractivity contribution in [2.24, 2.45) is 0 Å². The maximum Gasteiger partial charge on any atom is 0.328 e. The summed E-state index contributed by atoms with van der Waals surface area (Å²) in [5, 5.41) is 6.20. The van der Waals surface area contributed by atoms with E-state index >= 15 is 0 Å². The predicted molar refractivity (Wildman–Crippen MR) is 138 cm³/mol. The molecule has 0 spiro atoms. The van der Waals surface area contributed by atoms with E-state index < -0.39 is 6.03 Å². The molecule has 10 nitrogen and oxygen atoms in total. The number of hydrogen-bond donors (Lipinski definition) is 2. The maximum atomic E-state index is 12.9. The van der Waals surface area contributed by atoms with Gasteiger partial charge in [0.25, 0.3) is 0 Å². The summed E-state index contributed by atoms with van der Waals surface area (Å²) in [5.41, 5.74) is 1.12. The SMILES string of the molecule is COc1cc(NC(=O)N(C)c2nccc(Nc3cccc(OCCN(C)C)c3)n2)c(Cl)c(OC)c1. The lowest BCUT2D eigenvalue weighted by Gasteiger charge is -2.18. The Morgan fingerprint density at radius 2 is 1.86 bits per heavy atom. The number of aromatic nitrogens is 2. The highest BCUT2D eigenvalue weighted by molar-refractivity contribution is 6.35. The summed E-state index contributed by atoms with van der Waals surface area (Å²) in [5.74, 6) is 2.31. The Morgan fingerprint density at radius 1 is 1.06 bits per heavy atom. The predicted octanol–water partition coefficient (Wildman–Crippen LogP) is 4.50. The number of halogens is 1. The van der Waals surface area contributed by atoms with Crippen LogP contribution in [-0.4, -0.2) is 69.4 Å².